The molecule has 0 saturated carbocycles. The van der Waals surface area contributed by atoms with Gasteiger partial charge in [0.05, 0.1) is 24.3 Å². The first-order valence-electron chi connectivity index (χ1n) is 5.38. The van der Waals surface area contributed by atoms with Crippen molar-refractivity contribution < 1.29 is 9.84 Å². The van der Waals surface area contributed by atoms with Gasteiger partial charge in [-0.25, -0.2) is 4.98 Å². The van der Waals surface area contributed by atoms with Crippen molar-refractivity contribution in [1.82, 2.24) is 4.98 Å². The fraction of sp³-hybridized carbons (Fsp3) is 0.308. The van der Waals surface area contributed by atoms with Crippen molar-refractivity contribution in [3.8, 4) is 16.2 Å². The lowest BCUT2D eigenvalue weighted by molar-refractivity contribution is 0.281. The van der Waals surface area contributed by atoms with E-state index in [0.717, 1.165) is 26.9 Å². The molecule has 1 aromatic carbocycles. The van der Waals surface area contributed by atoms with Gasteiger partial charge in [-0.15, -0.1) is 11.3 Å². The molecule has 0 bridgehead atoms. The van der Waals surface area contributed by atoms with Gasteiger partial charge >= 0.3 is 0 Å². The van der Waals surface area contributed by atoms with Gasteiger partial charge in [-0.2, -0.15) is 0 Å². The predicted octanol–water partition coefficient (Wildman–Crippen LogP) is 2.93. The molecule has 3 nitrogen and oxygen atoms in total. The second kappa shape index (κ2) is 4.85. The number of aliphatic hydroxyl groups excluding tert-OH is 1. The molecule has 0 spiro atoms. The van der Waals surface area contributed by atoms with Crippen LogP contribution in [0.3, 0.4) is 0 Å². The summed E-state index contributed by atoms with van der Waals surface area (Å²) in [4.78, 5) is 5.39. The van der Waals surface area contributed by atoms with Crippen LogP contribution in [0.5, 0.6) is 5.75 Å². The van der Waals surface area contributed by atoms with E-state index in [9.17, 15) is 0 Å². The maximum absolute atomic E-state index is 9.12. The first-order valence-corrected chi connectivity index (χ1v) is 6.19. The Labute approximate surface area is 105 Å². The van der Waals surface area contributed by atoms with Crippen LogP contribution >= 0.6 is 11.3 Å². The molecule has 2 rings (SSSR count). The van der Waals surface area contributed by atoms with Crippen LogP contribution in [0.4, 0.5) is 0 Å². The largest absolute Gasteiger partial charge is 0.496 e. The molecule has 0 amide bonds. The molecule has 0 unspecified atom stereocenters. The van der Waals surface area contributed by atoms with Crippen LogP contribution in [0, 0.1) is 13.8 Å². The minimum Gasteiger partial charge on any atom is -0.496 e. The summed E-state index contributed by atoms with van der Waals surface area (Å²) in [6, 6.07) is 6.06. The summed E-state index contributed by atoms with van der Waals surface area (Å²) in [5.74, 6) is 0.840. The fourth-order valence-electron chi connectivity index (χ4n) is 1.77. The lowest BCUT2D eigenvalue weighted by Crippen LogP contribution is -1.88. The summed E-state index contributed by atoms with van der Waals surface area (Å²) in [7, 11) is 1.66. The zero-order chi connectivity index (χ0) is 12.4. The summed E-state index contributed by atoms with van der Waals surface area (Å²) in [5, 5.41) is 9.86. The second-order valence-corrected chi connectivity index (χ2v) is 4.97. The molecule has 0 aliphatic heterocycles. The summed E-state index contributed by atoms with van der Waals surface area (Å²) in [6.07, 6.45) is 0. The highest BCUT2D eigenvalue weighted by molar-refractivity contribution is 7.15. The van der Waals surface area contributed by atoms with E-state index in [0.29, 0.717) is 0 Å². The van der Waals surface area contributed by atoms with Gasteiger partial charge in [0.2, 0.25) is 0 Å². The van der Waals surface area contributed by atoms with Gasteiger partial charge in [0.1, 0.15) is 10.8 Å². The highest BCUT2D eigenvalue weighted by atomic mass is 32.1. The smallest absolute Gasteiger partial charge is 0.127 e. The predicted molar refractivity (Wildman–Crippen MR) is 69.5 cm³/mol. The van der Waals surface area contributed by atoms with Crippen molar-refractivity contribution in [2.75, 3.05) is 7.11 Å². The van der Waals surface area contributed by atoms with Crippen molar-refractivity contribution in [2.24, 2.45) is 0 Å². The number of ether oxygens (including phenoxy) is 1. The molecule has 2 aromatic rings. The average Bonchev–Trinajstić information content (AvgIpc) is 2.70. The molecule has 0 atom stereocenters. The minimum atomic E-state index is -0.0142. The second-order valence-electron chi connectivity index (χ2n) is 3.88. The van der Waals surface area contributed by atoms with Gasteiger partial charge in [-0.3, -0.25) is 0 Å². The van der Waals surface area contributed by atoms with Crippen molar-refractivity contribution in [3.05, 3.63) is 34.5 Å². The first kappa shape index (κ1) is 12.1. The quantitative estimate of drug-likeness (QED) is 0.909. The Morgan fingerprint density at radius 2 is 2.12 bits per heavy atom. The SMILES string of the molecule is COc1ccc(C)cc1-c1sc(CO)nc1C. The van der Waals surface area contributed by atoms with Crippen molar-refractivity contribution in [1.29, 1.82) is 0 Å². The number of thiazole rings is 1. The molecular weight excluding hydrogens is 234 g/mol. The van der Waals surface area contributed by atoms with Crippen LogP contribution < -0.4 is 4.74 Å². The van der Waals surface area contributed by atoms with E-state index in [4.69, 9.17) is 9.84 Å². The molecule has 1 aromatic heterocycles. The number of hydrogen-bond donors (Lipinski definition) is 1. The van der Waals surface area contributed by atoms with E-state index < -0.39 is 0 Å². The Hall–Kier alpha value is -1.39. The number of aliphatic hydroxyl groups is 1. The molecule has 4 heteroatoms. The van der Waals surface area contributed by atoms with Gasteiger partial charge in [0.25, 0.3) is 0 Å². The van der Waals surface area contributed by atoms with Gasteiger partial charge in [0.15, 0.2) is 0 Å². The average molecular weight is 249 g/mol. The Kier molecular flexibility index (Phi) is 3.45. The number of nitrogens with zero attached hydrogens (tertiary/aromatic N) is 1. The van der Waals surface area contributed by atoms with Crippen LogP contribution in [0.15, 0.2) is 18.2 Å². The molecule has 0 fully saturated rings. The van der Waals surface area contributed by atoms with Gasteiger partial charge in [-0.05, 0) is 26.0 Å². The first-order chi connectivity index (χ1) is 8.15. The Balaban J connectivity index is 2.58. The van der Waals surface area contributed by atoms with Crippen LogP contribution in [0.2, 0.25) is 0 Å². The zero-order valence-corrected chi connectivity index (χ0v) is 11.0. The topological polar surface area (TPSA) is 42.4 Å². The lowest BCUT2D eigenvalue weighted by atomic mass is 10.1. The third-order valence-corrected chi connectivity index (χ3v) is 3.75. The molecule has 90 valence electrons. The maximum Gasteiger partial charge on any atom is 0.127 e. The van der Waals surface area contributed by atoms with Crippen molar-refractivity contribution in [2.45, 2.75) is 20.5 Å². The van der Waals surface area contributed by atoms with Crippen molar-refractivity contribution in [3.63, 3.8) is 0 Å². The highest BCUT2D eigenvalue weighted by Gasteiger charge is 2.13. The summed E-state index contributed by atoms with van der Waals surface area (Å²) in [5.41, 5.74) is 3.16. The Morgan fingerprint density at radius 1 is 1.35 bits per heavy atom. The van der Waals surface area contributed by atoms with Crippen LogP contribution in [-0.4, -0.2) is 17.2 Å². The maximum atomic E-state index is 9.12. The summed E-state index contributed by atoms with van der Waals surface area (Å²) >= 11 is 1.51. The molecule has 0 saturated heterocycles. The molecule has 0 aliphatic rings. The standard InChI is InChI=1S/C13H15NO2S/c1-8-4-5-11(16-3)10(6-8)13-9(2)14-12(7-15)17-13/h4-6,15H,7H2,1-3H3. The third kappa shape index (κ3) is 2.33. The minimum absolute atomic E-state index is 0.0142. The normalized spacial score (nSPS) is 10.6. The van der Waals surface area contributed by atoms with Gasteiger partial charge in [0, 0.05) is 5.56 Å². The highest BCUT2D eigenvalue weighted by Crippen LogP contribution is 2.36. The number of methoxy groups -OCH3 is 1. The summed E-state index contributed by atoms with van der Waals surface area (Å²) in [6.45, 7) is 3.98. The van der Waals surface area contributed by atoms with E-state index in [-0.39, 0.29) is 6.61 Å². The molecule has 0 radical (unpaired) electrons. The fourth-order valence-corrected chi connectivity index (χ4v) is 2.71. The van der Waals surface area contributed by atoms with E-state index >= 15 is 0 Å². The Morgan fingerprint density at radius 3 is 2.71 bits per heavy atom. The van der Waals surface area contributed by atoms with Crippen LogP contribution in [0.1, 0.15) is 16.3 Å². The monoisotopic (exact) mass is 249 g/mol. The zero-order valence-electron chi connectivity index (χ0n) is 10.2. The van der Waals surface area contributed by atoms with Gasteiger partial charge < -0.3 is 9.84 Å². The lowest BCUT2D eigenvalue weighted by Gasteiger charge is -2.08. The molecule has 1 heterocycles. The van der Waals surface area contributed by atoms with E-state index in [1.54, 1.807) is 7.11 Å². The van der Waals surface area contributed by atoms with Crippen LogP contribution in [0.25, 0.3) is 10.4 Å². The number of aromatic nitrogens is 1. The number of hydrogen-bond acceptors (Lipinski definition) is 4. The third-order valence-electron chi connectivity index (χ3n) is 2.58. The number of benzene rings is 1. The van der Waals surface area contributed by atoms with E-state index in [1.807, 2.05) is 26.0 Å². The summed E-state index contributed by atoms with van der Waals surface area (Å²) < 4.78 is 5.37. The van der Waals surface area contributed by atoms with Gasteiger partial charge in [-0.1, -0.05) is 11.6 Å². The molecule has 0 aliphatic carbocycles. The molecule has 17 heavy (non-hydrogen) atoms. The van der Waals surface area contributed by atoms with Crippen LogP contribution in [-0.2, 0) is 6.61 Å². The Bertz CT molecular complexity index is 534. The molecular formula is C13H15NO2S. The van der Waals surface area contributed by atoms with E-state index in [2.05, 4.69) is 11.1 Å². The number of aryl methyl sites for hydroxylation is 2. The van der Waals surface area contributed by atoms with E-state index in [1.165, 1.54) is 16.9 Å². The van der Waals surface area contributed by atoms with Crippen molar-refractivity contribution >= 4 is 11.3 Å². The number of rotatable bonds is 3. The molecule has 1 N–H and O–H groups in total.